The molecule has 0 bridgehead atoms. The van der Waals surface area contributed by atoms with Gasteiger partial charge in [0.05, 0.1) is 6.54 Å². The molecule has 0 saturated carbocycles. The van der Waals surface area contributed by atoms with Crippen molar-refractivity contribution in [3.63, 3.8) is 0 Å². The zero-order valence-corrected chi connectivity index (χ0v) is 17.7. The van der Waals surface area contributed by atoms with Crippen molar-refractivity contribution in [2.45, 2.75) is 19.5 Å². The maximum Gasteiger partial charge on any atom is 0.330 e. The second-order valence-corrected chi connectivity index (χ2v) is 7.70. The lowest BCUT2D eigenvalue weighted by molar-refractivity contribution is 0.278. The highest BCUT2D eigenvalue weighted by atomic mass is 35.5. The van der Waals surface area contributed by atoms with E-state index < -0.39 is 11.2 Å². The van der Waals surface area contributed by atoms with E-state index in [4.69, 9.17) is 33.0 Å². The molecule has 4 rings (SSSR count). The van der Waals surface area contributed by atoms with Crippen LogP contribution < -0.4 is 16.0 Å². The Bertz CT molecular complexity index is 1340. The van der Waals surface area contributed by atoms with Crippen LogP contribution in [0.1, 0.15) is 12.0 Å². The summed E-state index contributed by atoms with van der Waals surface area (Å²) in [6.07, 6.45) is 0.270. The summed E-state index contributed by atoms with van der Waals surface area (Å²) >= 11 is 12.0. The standard InChI is InChI=1S/C21H18Cl2N4O4/c22-14-7-5-13(6-8-14)12-27-17-18(24-20(30)26(19(17)29)9-2-10-28)25-21(27)31-16-4-1-3-15(23)11-16/h1,3-8,11,28H,2,9-10,12H2,(H,24,30). The van der Waals surface area contributed by atoms with Gasteiger partial charge in [-0.3, -0.25) is 18.9 Å². The van der Waals surface area contributed by atoms with Gasteiger partial charge in [0.25, 0.3) is 5.56 Å². The van der Waals surface area contributed by atoms with Gasteiger partial charge in [-0.05, 0) is 42.3 Å². The fourth-order valence-electron chi connectivity index (χ4n) is 3.19. The van der Waals surface area contributed by atoms with E-state index >= 15 is 0 Å². The van der Waals surface area contributed by atoms with Gasteiger partial charge in [0.1, 0.15) is 5.75 Å². The fraction of sp³-hybridized carbons (Fsp3) is 0.190. The summed E-state index contributed by atoms with van der Waals surface area (Å²) in [6, 6.07) is 14.0. The number of fused-ring (bicyclic) bond motifs is 1. The molecule has 0 aliphatic carbocycles. The number of aliphatic hydroxyl groups excluding tert-OH is 1. The number of imidazole rings is 1. The number of aliphatic hydroxyl groups is 1. The normalized spacial score (nSPS) is 11.2. The van der Waals surface area contributed by atoms with Gasteiger partial charge in [-0.15, -0.1) is 0 Å². The number of hydrogen-bond donors (Lipinski definition) is 2. The van der Waals surface area contributed by atoms with Crippen molar-refractivity contribution < 1.29 is 9.84 Å². The third-order valence-electron chi connectivity index (χ3n) is 4.65. The molecule has 0 aliphatic heterocycles. The second kappa shape index (κ2) is 8.97. The minimum Gasteiger partial charge on any atom is -0.425 e. The molecule has 0 radical (unpaired) electrons. The number of aromatic nitrogens is 4. The fourth-order valence-corrected chi connectivity index (χ4v) is 3.50. The molecule has 8 nitrogen and oxygen atoms in total. The molecule has 0 fully saturated rings. The number of nitrogens with one attached hydrogen (secondary N) is 1. The SMILES string of the molecule is O=c1[nH]c2nc(Oc3cccc(Cl)c3)n(Cc3ccc(Cl)cc3)c2c(=O)n1CCCO. The van der Waals surface area contributed by atoms with Crippen LogP contribution in [-0.4, -0.2) is 30.8 Å². The maximum absolute atomic E-state index is 13.1. The van der Waals surface area contributed by atoms with E-state index in [0.717, 1.165) is 10.1 Å². The summed E-state index contributed by atoms with van der Waals surface area (Å²) in [5, 5.41) is 10.2. The Hall–Kier alpha value is -3.07. The van der Waals surface area contributed by atoms with E-state index in [-0.39, 0.29) is 43.3 Å². The molecule has 0 spiro atoms. The lowest BCUT2D eigenvalue weighted by Gasteiger charge is -2.11. The molecule has 2 aromatic carbocycles. The Balaban J connectivity index is 1.88. The van der Waals surface area contributed by atoms with E-state index in [9.17, 15) is 9.59 Å². The first-order valence-electron chi connectivity index (χ1n) is 9.48. The predicted molar refractivity (Wildman–Crippen MR) is 118 cm³/mol. The number of nitrogens with zero attached hydrogens (tertiary/aromatic N) is 3. The molecular formula is C21H18Cl2N4O4. The highest BCUT2D eigenvalue weighted by Crippen LogP contribution is 2.26. The van der Waals surface area contributed by atoms with E-state index in [1.54, 1.807) is 41.0 Å². The largest absolute Gasteiger partial charge is 0.425 e. The molecule has 0 atom stereocenters. The molecule has 0 unspecified atom stereocenters. The smallest absolute Gasteiger partial charge is 0.330 e. The number of halogens is 2. The molecule has 2 heterocycles. The Labute approximate surface area is 186 Å². The Morgan fingerprint density at radius 2 is 1.81 bits per heavy atom. The van der Waals surface area contributed by atoms with Crippen molar-refractivity contribution in [3.05, 3.63) is 85.0 Å². The number of benzene rings is 2. The van der Waals surface area contributed by atoms with Crippen molar-refractivity contribution in [2.24, 2.45) is 0 Å². The molecule has 10 heteroatoms. The Morgan fingerprint density at radius 3 is 2.52 bits per heavy atom. The summed E-state index contributed by atoms with van der Waals surface area (Å²) in [4.78, 5) is 32.5. The van der Waals surface area contributed by atoms with Crippen LogP contribution in [0.15, 0.2) is 58.1 Å². The third-order valence-corrected chi connectivity index (χ3v) is 5.14. The topological polar surface area (TPSA) is 102 Å². The summed E-state index contributed by atoms with van der Waals surface area (Å²) in [5.41, 5.74) is 0.0314. The molecule has 0 aliphatic rings. The lowest BCUT2D eigenvalue weighted by atomic mass is 10.2. The molecule has 0 amide bonds. The number of hydrogen-bond acceptors (Lipinski definition) is 5. The highest BCUT2D eigenvalue weighted by Gasteiger charge is 2.20. The first-order chi connectivity index (χ1) is 15.0. The van der Waals surface area contributed by atoms with Crippen LogP contribution in [0.2, 0.25) is 10.0 Å². The van der Waals surface area contributed by atoms with Gasteiger partial charge in [0.2, 0.25) is 0 Å². The van der Waals surface area contributed by atoms with Gasteiger partial charge in [-0.1, -0.05) is 41.4 Å². The average Bonchev–Trinajstić information content (AvgIpc) is 3.06. The second-order valence-electron chi connectivity index (χ2n) is 6.83. The van der Waals surface area contributed by atoms with E-state index in [1.807, 2.05) is 12.1 Å². The minimum atomic E-state index is -0.601. The van der Waals surface area contributed by atoms with Crippen molar-refractivity contribution >= 4 is 34.4 Å². The van der Waals surface area contributed by atoms with Gasteiger partial charge in [0.15, 0.2) is 11.2 Å². The van der Waals surface area contributed by atoms with E-state index in [1.165, 1.54) is 0 Å². The zero-order chi connectivity index (χ0) is 22.0. The summed E-state index contributed by atoms with van der Waals surface area (Å²) in [7, 11) is 0. The Morgan fingerprint density at radius 1 is 1.03 bits per heavy atom. The van der Waals surface area contributed by atoms with Crippen LogP contribution >= 0.6 is 23.2 Å². The molecule has 31 heavy (non-hydrogen) atoms. The van der Waals surface area contributed by atoms with Crippen LogP contribution in [0.4, 0.5) is 0 Å². The summed E-state index contributed by atoms with van der Waals surface area (Å²) in [6.45, 7) is 0.194. The number of ether oxygens (including phenoxy) is 1. The number of rotatable bonds is 7. The van der Waals surface area contributed by atoms with Crippen LogP contribution in [0, 0.1) is 0 Å². The average molecular weight is 461 g/mol. The minimum absolute atomic E-state index is 0.0806. The van der Waals surface area contributed by atoms with Crippen LogP contribution in [-0.2, 0) is 13.1 Å². The van der Waals surface area contributed by atoms with Gasteiger partial charge < -0.3 is 9.84 Å². The summed E-state index contributed by atoms with van der Waals surface area (Å²) < 4.78 is 8.55. The van der Waals surface area contributed by atoms with Crippen molar-refractivity contribution in [3.8, 4) is 11.8 Å². The zero-order valence-electron chi connectivity index (χ0n) is 16.2. The molecule has 4 aromatic rings. The maximum atomic E-state index is 13.1. The molecule has 0 saturated heterocycles. The quantitative estimate of drug-likeness (QED) is 0.439. The van der Waals surface area contributed by atoms with Gasteiger partial charge in [0, 0.05) is 23.2 Å². The van der Waals surface area contributed by atoms with Crippen molar-refractivity contribution in [1.29, 1.82) is 0 Å². The van der Waals surface area contributed by atoms with Crippen LogP contribution in [0.3, 0.4) is 0 Å². The molecule has 2 N–H and O–H groups in total. The highest BCUT2D eigenvalue weighted by molar-refractivity contribution is 6.30. The van der Waals surface area contributed by atoms with E-state index in [2.05, 4.69) is 9.97 Å². The lowest BCUT2D eigenvalue weighted by Crippen LogP contribution is -2.36. The van der Waals surface area contributed by atoms with Crippen LogP contribution in [0.25, 0.3) is 11.2 Å². The third kappa shape index (κ3) is 4.51. The Kier molecular flexibility index (Phi) is 6.13. The molecule has 160 valence electrons. The van der Waals surface area contributed by atoms with Gasteiger partial charge >= 0.3 is 11.7 Å². The number of H-pyrrole nitrogens is 1. The van der Waals surface area contributed by atoms with E-state index in [0.29, 0.717) is 15.8 Å². The first-order valence-corrected chi connectivity index (χ1v) is 10.2. The van der Waals surface area contributed by atoms with Gasteiger partial charge in [-0.25, -0.2) is 4.79 Å². The van der Waals surface area contributed by atoms with Crippen molar-refractivity contribution in [1.82, 2.24) is 19.1 Å². The predicted octanol–water partition coefficient (Wildman–Crippen LogP) is 3.42. The molecule has 2 aromatic heterocycles. The monoisotopic (exact) mass is 460 g/mol. The number of aromatic amines is 1. The van der Waals surface area contributed by atoms with Crippen molar-refractivity contribution in [2.75, 3.05) is 6.61 Å². The van der Waals surface area contributed by atoms with Crippen LogP contribution in [0.5, 0.6) is 11.8 Å². The molecular weight excluding hydrogens is 443 g/mol. The summed E-state index contributed by atoms with van der Waals surface area (Å²) in [5.74, 6) is 0.433. The first kappa shape index (κ1) is 21.2. The van der Waals surface area contributed by atoms with Gasteiger partial charge in [-0.2, -0.15) is 4.98 Å².